The number of aryl methyl sites for hydroxylation is 2. The predicted octanol–water partition coefficient (Wildman–Crippen LogP) is 2.28. The first-order valence-corrected chi connectivity index (χ1v) is 8.71. The molecule has 1 aromatic rings. The standard InChI is InChI=1S/C19H27NO3/c1-12-7-18(22-3)13(2)6-14(12)8-20-9-16-15(10-21)17-4-5-19(16,11-20)23-17/h6-7,15-17,21H,4-5,8-11H2,1-3H3/t15-,16+,17+,19+/m0/s1. The van der Waals surface area contributed by atoms with E-state index in [9.17, 15) is 5.11 Å². The number of aliphatic hydroxyl groups excluding tert-OH is 1. The van der Waals surface area contributed by atoms with Gasteiger partial charge in [-0.3, -0.25) is 4.90 Å². The SMILES string of the molecule is COc1cc(C)c(CN2C[C@@H]3[C@H](CO)[C@H]4CC[C@]3(C2)O4)cc1C. The Morgan fingerprint density at radius 3 is 2.91 bits per heavy atom. The van der Waals surface area contributed by atoms with Crippen LogP contribution in [0.5, 0.6) is 5.75 Å². The summed E-state index contributed by atoms with van der Waals surface area (Å²) >= 11 is 0. The highest BCUT2D eigenvalue weighted by Gasteiger charge is 2.62. The molecular formula is C19H27NO3. The second-order valence-corrected chi connectivity index (χ2v) is 7.63. The van der Waals surface area contributed by atoms with Crippen molar-refractivity contribution in [1.29, 1.82) is 0 Å². The van der Waals surface area contributed by atoms with Crippen molar-refractivity contribution in [3.63, 3.8) is 0 Å². The fourth-order valence-electron chi connectivity index (χ4n) is 5.13. The van der Waals surface area contributed by atoms with Gasteiger partial charge in [-0.15, -0.1) is 0 Å². The van der Waals surface area contributed by atoms with Gasteiger partial charge in [0.1, 0.15) is 5.75 Å². The molecule has 0 radical (unpaired) electrons. The van der Waals surface area contributed by atoms with E-state index in [4.69, 9.17) is 9.47 Å². The van der Waals surface area contributed by atoms with Gasteiger partial charge in [-0.05, 0) is 49.4 Å². The van der Waals surface area contributed by atoms with E-state index in [0.29, 0.717) is 17.9 Å². The largest absolute Gasteiger partial charge is 0.496 e. The second-order valence-electron chi connectivity index (χ2n) is 7.63. The van der Waals surface area contributed by atoms with Crippen molar-refractivity contribution in [3.05, 3.63) is 28.8 Å². The van der Waals surface area contributed by atoms with E-state index in [0.717, 1.165) is 38.2 Å². The number of methoxy groups -OCH3 is 1. The number of hydrogen-bond acceptors (Lipinski definition) is 4. The fraction of sp³-hybridized carbons (Fsp3) is 0.684. The van der Waals surface area contributed by atoms with Gasteiger partial charge in [0, 0.05) is 38.1 Å². The van der Waals surface area contributed by atoms with Crippen LogP contribution in [-0.4, -0.2) is 48.5 Å². The van der Waals surface area contributed by atoms with Crippen molar-refractivity contribution in [2.75, 3.05) is 26.8 Å². The molecule has 1 N–H and O–H groups in total. The molecule has 3 heterocycles. The topological polar surface area (TPSA) is 41.9 Å². The summed E-state index contributed by atoms with van der Waals surface area (Å²) in [6.07, 6.45) is 2.59. The summed E-state index contributed by atoms with van der Waals surface area (Å²) in [6.45, 7) is 7.55. The molecule has 0 aromatic heterocycles. The number of fused-ring (bicyclic) bond motifs is 1. The minimum atomic E-state index is 0.0213. The summed E-state index contributed by atoms with van der Waals surface area (Å²) < 4.78 is 11.7. The summed E-state index contributed by atoms with van der Waals surface area (Å²) in [5, 5.41) is 9.73. The van der Waals surface area contributed by atoms with Crippen LogP contribution in [0.4, 0.5) is 0 Å². The van der Waals surface area contributed by atoms with Gasteiger partial charge in [-0.1, -0.05) is 6.07 Å². The Morgan fingerprint density at radius 2 is 2.17 bits per heavy atom. The average Bonchev–Trinajstić information content (AvgIpc) is 3.17. The molecule has 4 nitrogen and oxygen atoms in total. The maximum absolute atomic E-state index is 9.73. The lowest BCUT2D eigenvalue weighted by atomic mass is 9.74. The summed E-state index contributed by atoms with van der Waals surface area (Å²) in [4.78, 5) is 2.52. The number of aliphatic hydroxyl groups is 1. The summed E-state index contributed by atoms with van der Waals surface area (Å²) in [5.74, 6) is 1.81. The number of benzene rings is 1. The molecule has 4 heteroatoms. The van der Waals surface area contributed by atoms with Gasteiger partial charge in [-0.25, -0.2) is 0 Å². The zero-order valence-electron chi connectivity index (χ0n) is 14.3. The third-order valence-corrected chi connectivity index (χ3v) is 6.31. The monoisotopic (exact) mass is 317 g/mol. The second kappa shape index (κ2) is 5.47. The van der Waals surface area contributed by atoms with Crippen molar-refractivity contribution in [3.8, 4) is 5.75 Å². The van der Waals surface area contributed by atoms with Crippen LogP contribution in [0.1, 0.15) is 29.5 Å². The highest BCUT2D eigenvalue weighted by atomic mass is 16.5. The molecule has 0 amide bonds. The molecule has 4 rings (SSSR count). The van der Waals surface area contributed by atoms with Gasteiger partial charge >= 0.3 is 0 Å². The lowest BCUT2D eigenvalue weighted by Gasteiger charge is -2.28. The zero-order chi connectivity index (χ0) is 16.2. The molecule has 3 aliphatic heterocycles. The smallest absolute Gasteiger partial charge is 0.122 e. The Kier molecular flexibility index (Phi) is 3.67. The molecule has 0 aliphatic carbocycles. The van der Waals surface area contributed by atoms with Crippen molar-refractivity contribution < 1.29 is 14.6 Å². The van der Waals surface area contributed by atoms with Crippen molar-refractivity contribution in [1.82, 2.24) is 4.90 Å². The van der Waals surface area contributed by atoms with Gasteiger partial charge < -0.3 is 14.6 Å². The summed E-state index contributed by atoms with van der Waals surface area (Å²) in [6, 6.07) is 4.39. The molecule has 3 saturated heterocycles. The molecule has 2 bridgehead atoms. The minimum Gasteiger partial charge on any atom is -0.496 e. The first-order valence-electron chi connectivity index (χ1n) is 8.71. The van der Waals surface area contributed by atoms with Crippen LogP contribution in [0, 0.1) is 25.7 Å². The third kappa shape index (κ3) is 2.31. The minimum absolute atomic E-state index is 0.0213. The Balaban J connectivity index is 1.53. The van der Waals surface area contributed by atoms with Crippen LogP contribution in [0.25, 0.3) is 0 Å². The van der Waals surface area contributed by atoms with E-state index in [1.165, 1.54) is 16.7 Å². The molecule has 4 atom stereocenters. The zero-order valence-corrected chi connectivity index (χ0v) is 14.3. The molecule has 3 aliphatic rings. The Labute approximate surface area is 138 Å². The van der Waals surface area contributed by atoms with Crippen LogP contribution in [0.3, 0.4) is 0 Å². The van der Waals surface area contributed by atoms with Crippen LogP contribution in [-0.2, 0) is 11.3 Å². The Hall–Kier alpha value is -1.10. The maximum atomic E-state index is 9.73. The van der Waals surface area contributed by atoms with E-state index >= 15 is 0 Å². The van der Waals surface area contributed by atoms with Crippen LogP contribution >= 0.6 is 0 Å². The number of rotatable bonds is 4. The van der Waals surface area contributed by atoms with E-state index in [2.05, 4.69) is 30.9 Å². The average molecular weight is 317 g/mol. The quantitative estimate of drug-likeness (QED) is 0.925. The predicted molar refractivity (Wildman–Crippen MR) is 88.6 cm³/mol. The van der Waals surface area contributed by atoms with E-state index in [-0.39, 0.29) is 12.2 Å². The number of likely N-dealkylation sites (tertiary alicyclic amines) is 1. The van der Waals surface area contributed by atoms with Gasteiger partial charge in [0.05, 0.1) is 18.8 Å². The third-order valence-electron chi connectivity index (χ3n) is 6.31. The maximum Gasteiger partial charge on any atom is 0.122 e. The molecule has 23 heavy (non-hydrogen) atoms. The van der Waals surface area contributed by atoms with Crippen LogP contribution in [0.15, 0.2) is 12.1 Å². The molecule has 1 spiro atoms. The van der Waals surface area contributed by atoms with Gasteiger partial charge in [0.25, 0.3) is 0 Å². The fourth-order valence-corrected chi connectivity index (χ4v) is 5.13. The number of nitrogens with zero attached hydrogens (tertiary/aromatic N) is 1. The highest BCUT2D eigenvalue weighted by molar-refractivity contribution is 5.41. The first kappa shape index (κ1) is 15.4. The number of hydrogen-bond donors (Lipinski definition) is 1. The van der Waals surface area contributed by atoms with E-state index in [1.54, 1.807) is 7.11 Å². The van der Waals surface area contributed by atoms with Crippen LogP contribution < -0.4 is 4.74 Å². The van der Waals surface area contributed by atoms with Crippen molar-refractivity contribution in [2.24, 2.45) is 11.8 Å². The molecule has 0 unspecified atom stereocenters. The lowest BCUT2D eigenvalue weighted by molar-refractivity contribution is 0.000363. The normalized spacial score (nSPS) is 35.7. The van der Waals surface area contributed by atoms with Crippen LogP contribution in [0.2, 0.25) is 0 Å². The Morgan fingerprint density at radius 1 is 1.35 bits per heavy atom. The molecule has 1 aromatic carbocycles. The van der Waals surface area contributed by atoms with Crippen molar-refractivity contribution >= 4 is 0 Å². The molecule has 0 saturated carbocycles. The van der Waals surface area contributed by atoms with E-state index in [1.807, 2.05) is 0 Å². The summed E-state index contributed by atoms with van der Waals surface area (Å²) in [7, 11) is 1.73. The van der Waals surface area contributed by atoms with E-state index < -0.39 is 0 Å². The molecule has 3 fully saturated rings. The van der Waals surface area contributed by atoms with Gasteiger partial charge in [-0.2, -0.15) is 0 Å². The molecule has 126 valence electrons. The molecular weight excluding hydrogens is 290 g/mol. The van der Waals surface area contributed by atoms with Gasteiger partial charge in [0.15, 0.2) is 0 Å². The van der Waals surface area contributed by atoms with Gasteiger partial charge in [0.2, 0.25) is 0 Å². The lowest BCUT2D eigenvalue weighted by Crippen LogP contribution is -2.37. The Bertz CT molecular complexity index is 617. The first-order chi connectivity index (χ1) is 11.1. The summed E-state index contributed by atoms with van der Waals surface area (Å²) in [5.41, 5.74) is 3.87. The highest BCUT2D eigenvalue weighted by Crippen LogP contribution is 2.54. The van der Waals surface area contributed by atoms with Crippen molar-refractivity contribution in [2.45, 2.75) is 44.9 Å². The number of ether oxygens (including phenoxy) is 2.